The molecule has 1 atom stereocenters. The molecule has 0 bridgehead atoms. The van der Waals surface area contributed by atoms with Crippen molar-refractivity contribution < 1.29 is 14.4 Å². The highest BCUT2D eigenvalue weighted by atomic mass is 32.1. The summed E-state index contributed by atoms with van der Waals surface area (Å²) in [6.45, 7) is 2.25. The van der Waals surface area contributed by atoms with E-state index in [-0.39, 0.29) is 18.9 Å². The molecule has 1 aromatic heterocycles. The normalized spacial score (nSPS) is 13.6. The van der Waals surface area contributed by atoms with Crippen LogP contribution in [0.25, 0.3) is 11.3 Å². The van der Waals surface area contributed by atoms with Gasteiger partial charge in [0.2, 0.25) is 5.91 Å². The van der Waals surface area contributed by atoms with Gasteiger partial charge < -0.3 is 5.32 Å². The number of benzene rings is 3. The van der Waals surface area contributed by atoms with E-state index in [2.05, 4.69) is 10.3 Å². The summed E-state index contributed by atoms with van der Waals surface area (Å²) in [4.78, 5) is 45.2. The fraction of sp³-hybridized carbons (Fsp3) is 0.143. The minimum Gasteiger partial charge on any atom is -0.350 e. The van der Waals surface area contributed by atoms with Crippen molar-refractivity contribution in [3.05, 3.63) is 112 Å². The average molecular weight is 482 g/mol. The quantitative estimate of drug-likeness (QED) is 0.390. The molecule has 0 spiro atoms. The number of amides is 3. The SMILES string of the molecule is Cc1nc(-c2ccc(CNC(=O)[C@H](Cc3ccccc3)N3C(=O)c4ccccc4C3=O)cc2)cs1. The Hall–Kier alpha value is -4.10. The van der Waals surface area contributed by atoms with E-state index in [1.54, 1.807) is 35.6 Å². The van der Waals surface area contributed by atoms with Crippen LogP contribution in [-0.2, 0) is 17.8 Å². The number of hydrogen-bond donors (Lipinski definition) is 1. The number of carbonyl (C=O) groups excluding carboxylic acids is 3. The number of aryl methyl sites for hydroxylation is 1. The van der Waals surface area contributed by atoms with Gasteiger partial charge in [0.25, 0.3) is 11.8 Å². The van der Waals surface area contributed by atoms with Gasteiger partial charge in [-0.15, -0.1) is 11.3 Å². The van der Waals surface area contributed by atoms with Crippen LogP contribution < -0.4 is 5.32 Å². The van der Waals surface area contributed by atoms with Crippen LogP contribution in [0.4, 0.5) is 0 Å². The molecule has 0 unspecified atom stereocenters. The van der Waals surface area contributed by atoms with Crippen LogP contribution in [0.1, 0.15) is 36.9 Å². The highest BCUT2D eigenvalue weighted by Crippen LogP contribution is 2.26. The highest BCUT2D eigenvalue weighted by molar-refractivity contribution is 7.09. The van der Waals surface area contributed by atoms with Crippen LogP contribution in [0.5, 0.6) is 0 Å². The topological polar surface area (TPSA) is 79.4 Å². The lowest BCUT2D eigenvalue weighted by Gasteiger charge is -2.25. The van der Waals surface area contributed by atoms with Gasteiger partial charge in [0, 0.05) is 23.9 Å². The molecule has 174 valence electrons. The summed E-state index contributed by atoms with van der Waals surface area (Å²) in [5.41, 5.74) is 4.38. The molecular weight excluding hydrogens is 458 g/mol. The Kier molecular flexibility index (Phi) is 6.25. The minimum absolute atomic E-state index is 0.236. The van der Waals surface area contributed by atoms with Crippen molar-refractivity contribution in [3.63, 3.8) is 0 Å². The van der Waals surface area contributed by atoms with E-state index in [1.807, 2.05) is 66.9 Å². The van der Waals surface area contributed by atoms with Crippen molar-refractivity contribution in [1.82, 2.24) is 15.2 Å². The molecule has 7 heteroatoms. The largest absolute Gasteiger partial charge is 0.350 e. The van der Waals surface area contributed by atoms with Crippen LogP contribution >= 0.6 is 11.3 Å². The Morgan fingerprint density at radius 3 is 2.11 bits per heavy atom. The molecule has 0 saturated heterocycles. The second-order valence-corrected chi connectivity index (χ2v) is 9.46. The van der Waals surface area contributed by atoms with Crippen LogP contribution in [0.15, 0.2) is 84.2 Å². The Morgan fingerprint density at radius 1 is 0.886 bits per heavy atom. The van der Waals surface area contributed by atoms with Gasteiger partial charge >= 0.3 is 0 Å². The summed E-state index contributed by atoms with van der Waals surface area (Å²) in [5, 5.41) is 5.95. The van der Waals surface area contributed by atoms with Gasteiger partial charge in [0.15, 0.2) is 0 Å². The van der Waals surface area contributed by atoms with Crippen molar-refractivity contribution >= 4 is 29.1 Å². The summed E-state index contributed by atoms with van der Waals surface area (Å²) in [5.74, 6) is -1.25. The molecule has 1 N–H and O–H groups in total. The van der Waals surface area contributed by atoms with E-state index < -0.39 is 17.9 Å². The lowest BCUT2D eigenvalue weighted by molar-refractivity contribution is -0.125. The van der Waals surface area contributed by atoms with E-state index in [0.717, 1.165) is 32.3 Å². The van der Waals surface area contributed by atoms with E-state index in [9.17, 15) is 14.4 Å². The number of thiazole rings is 1. The third kappa shape index (κ3) is 4.63. The maximum absolute atomic E-state index is 13.4. The number of aromatic nitrogens is 1. The predicted octanol–water partition coefficient (Wildman–Crippen LogP) is 4.64. The minimum atomic E-state index is -0.956. The number of rotatable bonds is 7. The molecule has 1 aliphatic heterocycles. The van der Waals surface area contributed by atoms with Gasteiger partial charge in [-0.25, -0.2) is 4.98 Å². The molecule has 5 rings (SSSR count). The van der Waals surface area contributed by atoms with Crippen LogP contribution in [0.3, 0.4) is 0 Å². The number of fused-ring (bicyclic) bond motifs is 1. The Labute approximate surface area is 207 Å². The Bertz CT molecular complexity index is 1360. The van der Waals surface area contributed by atoms with Gasteiger partial charge in [-0.2, -0.15) is 0 Å². The second kappa shape index (κ2) is 9.64. The van der Waals surface area contributed by atoms with Crippen LogP contribution in [0.2, 0.25) is 0 Å². The molecule has 2 heterocycles. The zero-order chi connectivity index (χ0) is 24.4. The molecule has 0 aliphatic carbocycles. The molecular formula is C28H23N3O3S. The zero-order valence-electron chi connectivity index (χ0n) is 19.1. The highest BCUT2D eigenvalue weighted by Gasteiger charge is 2.42. The number of carbonyl (C=O) groups is 3. The van der Waals surface area contributed by atoms with Crippen molar-refractivity contribution in [2.24, 2.45) is 0 Å². The molecule has 35 heavy (non-hydrogen) atoms. The monoisotopic (exact) mass is 481 g/mol. The van der Waals surface area contributed by atoms with Crippen LogP contribution in [-0.4, -0.2) is 33.6 Å². The van der Waals surface area contributed by atoms with Gasteiger partial charge in [-0.05, 0) is 30.2 Å². The van der Waals surface area contributed by atoms with Gasteiger partial charge in [-0.3, -0.25) is 19.3 Å². The number of nitrogens with one attached hydrogen (secondary N) is 1. The lowest BCUT2D eigenvalue weighted by Crippen LogP contribution is -2.50. The first-order valence-electron chi connectivity index (χ1n) is 11.3. The van der Waals surface area contributed by atoms with E-state index in [4.69, 9.17) is 0 Å². The molecule has 0 radical (unpaired) electrons. The van der Waals surface area contributed by atoms with Crippen molar-refractivity contribution in [1.29, 1.82) is 0 Å². The maximum Gasteiger partial charge on any atom is 0.262 e. The van der Waals surface area contributed by atoms with Crippen molar-refractivity contribution in [2.45, 2.75) is 25.9 Å². The summed E-state index contributed by atoms with van der Waals surface area (Å²) < 4.78 is 0. The van der Waals surface area contributed by atoms with E-state index in [1.165, 1.54) is 0 Å². The summed E-state index contributed by atoms with van der Waals surface area (Å²) >= 11 is 1.60. The van der Waals surface area contributed by atoms with E-state index >= 15 is 0 Å². The molecule has 1 aliphatic rings. The van der Waals surface area contributed by atoms with Crippen LogP contribution in [0, 0.1) is 6.92 Å². The fourth-order valence-electron chi connectivity index (χ4n) is 4.23. The van der Waals surface area contributed by atoms with Gasteiger partial charge in [-0.1, -0.05) is 66.7 Å². The van der Waals surface area contributed by atoms with Gasteiger partial charge in [0.1, 0.15) is 6.04 Å². The fourth-order valence-corrected chi connectivity index (χ4v) is 4.85. The number of imide groups is 1. The average Bonchev–Trinajstić information content (AvgIpc) is 3.43. The second-order valence-electron chi connectivity index (χ2n) is 8.40. The maximum atomic E-state index is 13.4. The summed E-state index contributed by atoms with van der Waals surface area (Å²) in [6, 6.07) is 23.0. The molecule has 6 nitrogen and oxygen atoms in total. The number of nitrogens with zero attached hydrogens (tertiary/aromatic N) is 2. The smallest absolute Gasteiger partial charge is 0.262 e. The molecule has 3 amide bonds. The first-order valence-corrected chi connectivity index (χ1v) is 12.2. The first-order chi connectivity index (χ1) is 17.0. The van der Waals surface area contributed by atoms with Gasteiger partial charge in [0.05, 0.1) is 21.8 Å². The molecule has 4 aromatic rings. The lowest BCUT2D eigenvalue weighted by atomic mass is 10.0. The Balaban J connectivity index is 1.35. The standard InChI is InChI=1S/C28H23N3O3S/c1-18-30-24(17-35-18)21-13-11-20(12-14-21)16-29-26(32)25(15-19-7-3-2-4-8-19)31-27(33)22-9-5-6-10-23(22)28(31)34/h2-14,17,25H,15-16H2,1H3,(H,29,32)/t25-/m0/s1. The molecule has 3 aromatic carbocycles. The molecule has 0 fully saturated rings. The third-order valence-electron chi connectivity index (χ3n) is 6.05. The summed E-state index contributed by atoms with van der Waals surface area (Å²) in [6.07, 6.45) is 0.236. The predicted molar refractivity (Wildman–Crippen MR) is 135 cm³/mol. The van der Waals surface area contributed by atoms with Crippen molar-refractivity contribution in [2.75, 3.05) is 0 Å². The molecule has 0 saturated carbocycles. The third-order valence-corrected chi connectivity index (χ3v) is 6.82. The zero-order valence-corrected chi connectivity index (χ0v) is 19.9. The number of hydrogen-bond acceptors (Lipinski definition) is 5. The van der Waals surface area contributed by atoms with Crippen molar-refractivity contribution in [3.8, 4) is 11.3 Å². The van der Waals surface area contributed by atoms with E-state index in [0.29, 0.717) is 11.1 Å². The summed E-state index contributed by atoms with van der Waals surface area (Å²) in [7, 11) is 0. The Morgan fingerprint density at radius 2 is 1.51 bits per heavy atom. The first kappa shape index (κ1) is 22.7.